The normalized spacial score (nSPS) is 12.3. The fourth-order valence-corrected chi connectivity index (χ4v) is 3.81. The van der Waals surface area contributed by atoms with Gasteiger partial charge in [-0.3, -0.25) is 0 Å². The summed E-state index contributed by atoms with van der Waals surface area (Å²) in [6.07, 6.45) is -0.352. The third-order valence-electron chi connectivity index (χ3n) is 4.89. The van der Waals surface area contributed by atoms with Gasteiger partial charge in [0.15, 0.2) is 0 Å². The zero-order valence-corrected chi connectivity index (χ0v) is 19.0. The van der Waals surface area contributed by atoms with Crippen LogP contribution in [0.3, 0.4) is 0 Å². The number of aromatic nitrogens is 2. The topological polar surface area (TPSA) is 47.1 Å². The van der Waals surface area contributed by atoms with Crippen molar-refractivity contribution in [3.8, 4) is 5.75 Å². The van der Waals surface area contributed by atoms with Gasteiger partial charge in [0.1, 0.15) is 35.9 Å². The largest absolute Gasteiger partial charge is 0.489 e. The molecule has 0 fully saturated rings. The number of nitrogens with zero attached hydrogens (tertiary/aromatic N) is 1. The minimum absolute atomic E-state index is 0.0550. The monoisotopic (exact) mass is 534 g/mol. The number of rotatable bonds is 8. The van der Waals surface area contributed by atoms with Gasteiger partial charge in [-0.2, -0.15) is 0 Å². The minimum atomic E-state index is -0.495. The first kappa shape index (κ1) is 21.7. The van der Waals surface area contributed by atoms with E-state index >= 15 is 0 Å². The highest BCUT2D eigenvalue weighted by atomic mass is 127. The van der Waals surface area contributed by atoms with Gasteiger partial charge in [-0.25, -0.2) is 13.8 Å². The quantitative estimate of drug-likeness (QED) is 0.208. The van der Waals surface area contributed by atoms with Crippen LogP contribution in [0.25, 0.3) is 11.0 Å². The second-order valence-corrected chi connectivity index (χ2v) is 7.80. The van der Waals surface area contributed by atoms with Gasteiger partial charge in [0.25, 0.3) is 0 Å². The molecule has 0 aliphatic rings. The molecule has 31 heavy (non-hydrogen) atoms. The van der Waals surface area contributed by atoms with Crippen LogP contribution in [0, 0.1) is 11.6 Å². The van der Waals surface area contributed by atoms with Crippen LogP contribution in [-0.2, 0) is 15.8 Å². The summed E-state index contributed by atoms with van der Waals surface area (Å²) in [5, 5.41) is 0. The summed E-state index contributed by atoms with van der Waals surface area (Å²) in [7, 11) is 0. The molecule has 4 nitrogen and oxygen atoms in total. The van der Waals surface area contributed by atoms with E-state index in [4.69, 9.17) is 14.5 Å². The zero-order valence-electron chi connectivity index (χ0n) is 16.9. The number of H-pyrrole nitrogens is 1. The Bertz CT molecular complexity index is 1180. The average Bonchev–Trinajstić information content (AvgIpc) is 3.21. The molecule has 1 atom stereocenters. The maximum absolute atomic E-state index is 13.8. The van der Waals surface area contributed by atoms with Gasteiger partial charge in [0.05, 0.1) is 11.0 Å². The molecule has 0 aliphatic carbocycles. The molecular formula is C24H21F2IN2O2. The SMILES string of the molecule is CCOC(c1ccc(OCc2cc(F)ccc2F)cc1)c1nc2cc(CI)ccc2[nH]1. The fraction of sp³-hybridized carbons (Fsp3) is 0.208. The Labute approximate surface area is 192 Å². The van der Waals surface area contributed by atoms with E-state index in [2.05, 4.69) is 39.7 Å². The number of hydrogen-bond acceptors (Lipinski definition) is 3. The number of nitrogens with one attached hydrogen (secondary N) is 1. The van der Waals surface area contributed by atoms with Crippen molar-refractivity contribution in [1.82, 2.24) is 9.97 Å². The molecule has 0 radical (unpaired) electrons. The van der Waals surface area contributed by atoms with E-state index in [1.807, 2.05) is 25.1 Å². The summed E-state index contributed by atoms with van der Waals surface area (Å²) in [6, 6.07) is 16.9. The zero-order chi connectivity index (χ0) is 21.8. The number of hydrogen-bond donors (Lipinski definition) is 1. The van der Waals surface area contributed by atoms with Crippen LogP contribution >= 0.6 is 22.6 Å². The standard InChI is InChI=1S/C24H21F2IN2O2/c1-2-30-23(24-28-21-10-3-15(13-27)11-22(21)29-24)16-4-7-19(8-5-16)31-14-17-12-18(25)6-9-20(17)26/h3-12,23H,2,13-14H2,1H3,(H,28,29). The Kier molecular flexibility index (Phi) is 6.82. The highest BCUT2D eigenvalue weighted by Gasteiger charge is 2.19. The Morgan fingerprint density at radius 3 is 2.58 bits per heavy atom. The van der Waals surface area contributed by atoms with Crippen molar-refractivity contribution < 1.29 is 18.3 Å². The molecular weight excluding hydrogens is 513 g/mol. The van der Waals surface area contributed by atoms with Crippen LogP contribution in [0.4, 0.5) is 8.78 Å². The van der Waals surface area contributed by atoms with Crippen molar-refractivity contribution >= 4 is 33.6 Å². The van der Waals surface area contributed by atoms with E-state index < -0.39 is 11.6 Å². The van der Waals surface area contributed by atoms with E-state index in [1.54, 1.807) is 12.1 Å². The van der Waals surface area contributed by atoms with Gasteiger partial charge < -0.3 is 14.5 Å². The number of ether oxygens (including phenoxy) is 2. The summed E-state index contributed by atoms with van der Waals surface area (Å²) in [6.45, 7) is 2.41. The van der Waals surface area contributed by atoms with E-state index in [1.165, 1.54) is 5.56 Å². The molecule has 0 spiro atoms. The first-order valence-electron chi connectivity index (χ1n) is 9.90. The third kappa shape index (κ3) is 5.04. The van der Waals surface area contributed by atoms with Crippen LogP contribution in [0.15, 0.2) is 60.7 Å². The lowest BCUT2D eigenvalue weighted by Gasteiger charge is -2.16. The molecule has 0 saturated carbocycles. The maximum Gasteiger partial charge on any atom is 0.141 e. The Hall–Kier alpha value is -2.52. The second-order valence-electron chi connectivity index (χ2n) is 7.04. The van der Waals surface area contributed by atoms with Crippen molar-refractivity contribution in [2.45, 2.75) is 24.1 Å². The molecule has 0 aliphatic heterocycles. The van der Waals surface area contributed by atoms with E-state index in [-0.39, 0.29) is 18.3 Å². The van der Waals surface area contributed by atoms with Crippen LogP contribution < -0.4 is 4.74 Å². The predicted molar refractivity (Wildman–Crippen MR) is 124 cm³/mol. The van der Waals surface area contributed by atoms with Gasteiger partial charge in [-0.1, -0.05) is 40.8 Å². The number of fused-ring (bicyclic) bond motifs is 1. The molecule has 0 saturated heterocycles. The van der Waals surface area contributed by atoms with E-state index in [9.17, 15) is 8.78 Å². The smallest absolute Gasteiger partial charge is 0.141 e. The summed E-state index contributed by atoms with van der Waals surface area (Å²) >= 11 is 2.33. The fourth-order valence-electron chi connectivity index (χ4n) is 3.33. The van der Waals surface area contributed by atoms with Crippen LogP contribution in [0.5, 0.6) is 5.75 Å². The lowest BCUT2D eigenvalue weighted by atomic mass is 10.1. The summed E-state index contributed by atoms with van der Waals surface area (Å²) in [4.78, 5) is 8.10. The highest BCUT2D eigenvalue weighted by molar-refractivity contribution is 14.1. The maximum atomic E-state index is 13.8. The highest BCUT2D eigenvalue weighted by Crippen LogP contribution is 2.28. The van der Waals surface area contributed by atoms with E-state index in [0.29, 0.717) is 12.4 Å². The summed E-state index contributed by atoms with van der Waals surface area (Å²) in [5.74, 6) is 0.299. The van der Waals surface area contributed by atoms with Gasteiger partial charge in [-0.05, 0) is 60.5 Å². The first-order valence-corrected chi connectivity index (χ1v) is 11.4. The lowest BCUT2D eigenvalue weighted by Crippen LogP contribution is -2.08. The Balaban J connectivity index is 1.53. The third-order valence-corrected chi connectivity index (χ3v) is 5.77. The lowest BCUT2D eigenvalue weighted by molar-refractivity contribution is 0.0859. The summed E-state index contributed by atoms with van der Waals surface area (Å²) in [5.41, 5.74) is 4.18. The summed E-state index contributed by atoms with van der Waals surface area (Å²) < 4.78 is 39.6. The molecule has 1 N–H and O–H groups in total. The van der Waals surface area contributed by atoms with Gasteiger partial charge in [0.2, 0.25) is 0 Å². The van der Waals surface area contributed by atoms with Gasteiger partial charge in [-0.15, -0.1) is 0 Å². The Morgan fingerprint density at radius 2 is 1.84 bits per heavy atom. The molecule has 3 aromatic carbocycles. The molecule has 160 valence electrons. The number of halogens is 3. The van der Waals surface area contributed by atoms with Gasteiger partial charge in [0, 0.05) is 16.6 Å². The van der Waals surface area contributed by atoms with Crippen LogP contribution in [0.1, 0.15) is 35.5 Å². The number of alkyl halides is 1. The molecule has 0 bridgehead atoms. The first-order chi connectivity index (χ1) is 15.1. The number of imidazole rings is 1. The molecule has 4 aromatic rings. The van der Waals surface area contributed by atoms with Crippen LogP contribution in [0.2, 0.25) is 0 Å². The number of aromatic amines is 1. The van der Waals surface area contributed by atoms with Crippen molar-refractivity contribution in [1.29, 1.82) is 0 Å². The number of benzene rings is 3. The second kappa shape index (κ2) is 9.74. The van der Waals surface area contributed by atoms with Crippen molar-refractivity contribution in [3.63, 3.8) is 0 Å². The van der Waals surface area contributed by atoms with E-state index in [0.717, 1.165) is 45.0 Å². The molecule has 1 aromatic heterocycles. The average molecular weight is 534 g/mol. The molecule has 4 rings (SSSR count). The van der Waals surface area contributed by atoms with Crippen molar-refractivity contribution in [2.24, 2.45) is 0 Å². The predicted octanol–water partition coefficient (Wildman–Crippen LogP) is 6.48. The van der Waals surface area contributed by atoms with Crippen LogP contribution in [-0.4, -0.2) is 16.6 Å². The molecule has 0 amide bonds. The van der Waals surface area contributed by atoms with Crippen molar-refractivity contribution in [3.05, 3.63) is 94.8 Å². The molecule has 7 heteroatoms. The molecule has 1 heterocycles. The van der Waals surface area contributed by atoms with Crippen molar-refractivity contribution in [2.75, 3.05) is 6.61 Å². The Morgan fingerprint density at radius 1 is 1.03 bits per heavy atom. The molecule has 1 unspecified atom stereocenters. The van der Waals surface area contributed by atoms with Gasteiger partial charge >= 0.3 is 0 Å². The minimum Gasteiger partial charge on any atom is -0.489 e.